The molecule has 0 unspecified atom stereocenters. The lowest BCUT2D eigenvalue weighted by atomic mass is 10.0. The molecule has 0 heterocycles. The van der Waals surface area contributed by atoms with Crippen molar-refractivity contribution in [2.24, 2.45) is 0 Å². The first-order chi connectivity index (χ1) is 6.00. The van der Waals surface area contributed by atoms with Gasteiger partial charge in [0, 0.05) is 6.54 Å². The molecular weight excluding hydrogens is 162 g/mol. The van der Waals surface area contributed by atoms with Gasteiger partial charge in [-0.3, -0.25) is 0 Å². The number of phenolic OH excluding ortho intramolecular Hbond substituents is 1. The van der Waals surface area contributed by atoms with E-state index in [-0.39, 0.29) is 0 Å². The number of aromatic hydroxyl groups is 1. The van der Waals surface area contributed by atoms with Crippen LogP contribution in [0.3, 0.4) is 0 Å². The zero-order chi connectivity index (χ0) is 10.0. The zero-order valence-electron chi connectivity index (χ0n) is 8.76. The predicted octanol–water partition coefficient (Wildman–Crippen LogP) is 2.07. The second-order valence-electron chi connectivity index (χ2n) is 3.80. The Hall–Kier alpha value is -1.02. The molecule has 0 fully saturated rings. The molecular formula is C11H17NO. The molecule has 0 saturated carbocycles. The maximum Gasteiger partial charge on any atom is 0.116 e. The summed E-state index contributed by atoms with van der Waals surface area (Å²) in [6.45, 7) is 5.00. The van der Waals surface area contributed by atoms with Gasteiger partial charge >= 0.3 is 0 Å². The molecule has 0 bridgehead atoms. The monoisotopic (exact) mass is 179 g/mol. The van der Waals surface area contributed by atoms with Crippen molar-refractivity contribution >= 4 is 0 Å². The summed E-state index contributed by atoms with van der Waals surface area (Å²) >= 11 is 0. The Labute approximate surface area is 79.8 Å². The summed E-state index contributed by atoms with van der Waals surface area (Å²) in [7, 11) is 4.09. The van der Waals surface area contributed by atoms with E-state index in [0.29, 0.717) is 5.75 Å². The molecule has 1 rings (SSSR count). The smallest absolute Gasteiger partial charge is 0.116 e. The maximum absolute atomic E-state index is 9.34. The number of benzene rings is 1. The van der Waals surface area contributed by atoms with Gasteiger partial charge in [-0.15, -0.1) is 0 Å². The van der Waals surface area contributed by atoms with E-state index in [1.807, 2.05) is 40.1 Å². The van der Waals surface area contributed by atoms with E-state index in [1.165, 1.54) is 5.56 Å². The normalized spacial score (nSPS) is 10.8. The van der Waals surface area contributed by atoms with E-state index in [4.69, 9.17) is 0 Å². The number of hydrogen-bond donors (Lipinski definition) is 1. The maximum atomic E-state index is 9.34. The van der Waals surface area contributed by atoms with E-state index in [9.17, 15) is 5.11 Å². The fourth-order valence-electron chi connectivity index (χ4n) is 1.54. The topological polar surface area (TPSA) is 23.5 Å². The molecule has 0 amide bonds. The Kier molecular flexibility index (Phi) is 2.94. The van der Waals surface area contributed by atoms with Crippen LogP contribution in [-0.4, -0.2) is 24.1 Å². The van der Waals surface area contributed by atoms with Gasteiger partial charge in [-0.1, -0.05) is 0 Å². The van der Waals surface area contributed by atoms with Gasteiger partial charge in [0.1, 0.15) is 5.75 Å². The zero-order valence-corrected chi connectivity index (χ0v) is 8.76. The lowest BCUT2D eigenvalue weighted by Gasteiger charge is -2.15. The van der Waals surface area contributed by atoms with Crippen molar-refractivity contribution in [3.63, 3.8) is 0 Å². The number of hydrogen-bond acceptors (Lipinski definition) is 2. The Bertz CT molecular complexity index is 282. The van der Waals surface area contributed by atoms with Crippen LogP contribution < -0.4 is 0 Å². The lowest BCUT2D eigenvalue weighted by molar-refractivity contribution is 0.399. The molecule has 0 aliphatic carbocycles. The summed E-state index contributed by atoms with van der Waals surface area (Å²) in [5.74, 6) is 0.359. The highest BCUT2D eigenvalue weighted by Gasteiger charge is 2.05. The van der Waals surface area contributed by atoms with Crippen LogP contribution in [0.4, 0.5) is 0 Å². The van der Waals surface area contributed by atoms with Crippen LogP contribution in [0.15, 0.2) is 12.1 Å². The van der Waals surface area contributed by atoms with Gasteiger partial charge in [-0.05, 0) is 56.8 Å². The van der Waals surface area contributed by atoms with Gasteiger partial charge in [-0.25, -0.2) is 0 Å². The van der Waals surface area contributed by atoms with Crippen LogP contribution in [0, 0.1) is 13.8 Å². The highest BCUT2D eigenvalue weighted by molar-refractivity contribution is 5.40. The predicted molar refractivity (Wildman–Crippen MR) is 55.0 cm³/mol. The first kappa shape index (κ1) is 10.1. The SMILES string of the molecule is Cc1cc(O)cc(C)c1CN(C)C. The van der Waals surface area contributed by atoms with Crippen LogP contribution in [0.25, 0.3) is 0 Å². The van der Waals surface area contributed by atoms with Crippen molar-refractivity contribution in [2.75, 3.05) is 14.1 Å². The van der Waals surface area contributed by atoms with Crippen LogP contribution in [0.1, 0.15) is 16.7 Å². The highest BCUT2D eigenvalue weighted by Crippen LogP contribution is 2.21. The first-order valence-corrected chi connectivity index (χ1v) is 4.44. The van der Waals surface area contributed by atoms with Crippen molar-refractivity contribution in [1.82, 2.24) is 4.90 Å². The molecule has 13 heavy (non-hydrogen) atoms. The molecule has 0 aliphatic rings. The molecule has 0 atom stereocenters. The summed E-state index contributed by atoms with van der Waals surface area (Å²) in [5.41, 5.74) is 3.63. The molecule has 72 valence electrons. The lowest BCUT2D eigenvalue weighted by Crippen LogP contribution is -2.12. The standard InChI is InChI=1S/C11H17NO/c1-8-5-10(13)6-9(2)11(8)7-12(3)4/h5-6,13H,7H2,1-4H3. The average molecular weight is 179 g/mol. The van der Waals surface area contributed by atoms with E-state index >= 15 is 0 Å². The van der Waals surface area contributed by atoms with Crippen molar-refractivity contribution in [2.45, 2.75) is 20.4 Å². The Balaban J connectivity index is 3.06. The number of phenols is 1. The van der Waals surface area contributed by atoms with Crippen LogP contribution >= 0.6 is 0 Å². The number of rotatable bonds is 2. The van der Waals surface area contributed by atoms with Crippen molar-refractivity contribution in [3.05, 3.63) is 28.8 Å². The summed E-state index contributed by atoms with van der Waals surface area (Å²) in [4.78, 5) is 2.13. The third-order valence-electron chi connectivity index (χ3n) is 2.16. The molecule has 2 nitrogen and oxygen atoms in total. The van der Waals surface area contributed by atoms with Crippen LogP contribution in [-0.2, 0) is 6.54 Å². The average Bonchev–Trinajstić information content (AvgIpc) is 1.96. The Morgan fingerprint density at radius 3 is 2.00 bits per heavy atom. The summed E-state index contributed by atoms with van der Waals surface area (Å²) in [5, 5.41) is 9.34. The van der Waals surface area contributed by atoms with Gasteiger partial charge in [0.2, 0.25) is 0 Å². The third-order valence-corrected chi connectivity index (χ3v) is 2.16. The van der Waals surface area contributed by atoms with Gasteiger partial charge in [0.15, 0.2) is 0 Å². The van der Waals surface area contributed by atoms with E-state index < -0.39 is 0 Å². The molecule has 2 heteroatoms. The minimum atomic E-state index is 0.359. The molecule has 1 N–H and O–H groups in total. The van der Waals surface area contributed by atoms with E-state index in [2.05, 4.69) is 4.90 Å². The van der Waals surface area contributed by atoms with Crippen LogP contribution in [0.2, 0.25) is 0 Å². The summed E-state index contributed by atoms with van der Waals surface area (Å²) in [6, 6.07) is 3.62. The Morgan fingerprint density at radius 1 is 1.15 bits per heavy atom. The number of nitrogens with zero attached hydrogens (tertiary/aromatic N) is 1. The van der Waals surface area contributed by atoms with Crippen molar-refractivity contribution in [3.8, 4) is 5.75 Å². The molecule has 0 aromatic heterocycles. The van der Waals surface area contributed by atoms with Gasteiger partial charge in [-0.2, -0.15) is 0 Å². The van der Waals surface area contributed by atoms with Crippen LogP contribution in [0.5, 0.6) is 5.75 Å². The van der Waals surface area contributed by atoms with E-state index in [0.717, 1.165) is 17.7 Å². The number of aryl methyl sites for hydroxylation is 2. The molecule has 0 saturated heterocycles. The minimum Gasteiger partial charge on any atom is -0.508 e. The fraction of sp³-hybridized carbons (Fsp3) is 0.455. The van der Waals surface area contributed by atoms with Gasteiger partial charge < -0.3 is 10.0 Å². The fourth-order valence-corrected chi connectivity index (χ4v) is 1.54. The molecule has 1 aromatic rings. The third kappa shape index (κ3) is 2.46. The summed E-state index contributed by atoms with van der Waals surface area (Å²) in [6.07, 6.45) is 0. The largest absolute Gasteiger partial charge is 0.508 e. The van der Waals surface area contributed by atoms with Crippen molar-refractivity contribution in [1.29, 1.82) is 0 Å². The molecule has 0 radical (unpaired) electrons. The highest BCUT2D eigenvalue weighted by atomic mass is 16.3. The van der Waals surface area contributed by atoms with Crippen molar-refractivity contribution < 1.29 is 5.11 Å². The quantitative estimate of drug-likeness (QED) is 0.751. The first-order valence-electron chi connectivity index (χ1n) is 4.44. The van der Waals surface area contributed by atoms with E-state index in [1.54, 1.807) is 0 Å². The van der Waals surface area contributed by atoms with Gasteiger partial charge in [0.25, 0.3) is 0 Å². The minimum absolute atomic E-state index is 0.359. The molecule has 0 spiro atoms. The molecule has 0 aliphatic heterocycles. The van der Waals surface area contributed by atoms with Gasteiger partial charge in [0.05, 0.1) is 0 Å². The Morgan fingerprint density at radius 2 is 1.62 bits per heavy atom. The summed E-state index contributed by atoms with van der Waals surface area (Å²) < 4.78 is 0. The second kappa shape index (κ2) is 3.79. The second-order valence-corrected chi connectivity index (χ2v) is 3.80. The molecule has 1 aromatic carbocycles.